The second-order valence-corrected chi connectivity index (χ2v) is 8.14. The summed E-state index contributed by atoms with van der Waals surface area (Å²) in [5, 5.41) is 0. The van der Waals surface area contributed by atoms with Gasteiger partial charge in [0.2, 0.25) is 0 Å². The number of ether oxygens (including phenoxy) is 1. The van der Waals surface area contributed by atoms with E-state index in [4.69, 9.17) is 4.74 Å². The van der Waals surface area contributed by atoms with Crippen LogP contribution < -0.4 is 0 Å². The summed E-state index contributed by atoms with van der Waals surface area (Å²) in [4.78, 5) is 12.2. The van der Waals surface area contributed by atoms with Gasteiger partial charge in [0.15, 0.2) is 0 Å². The van der Waals surface area contributed by atoms with Gasteiger partial charge in [-0.05, 0) is 56.8 Å². The van der Waals surface area contributed by atoms with Gasteiger partial charge in [0.05, 0.1) is 5.41 Å². The van der Waals surface area contributed by atoms with Crippen LogP contribution in [0.15, 0.2) is 0 Å². The molecule has 0 aromatic rings. The minimum absolute atomic E-state index is 0.0261. The molecule has 19 heavy (non-hydrogen) atoms. The maximum absolute atomic E-state index is 12.2. The largest absolute Gasteiger partial charge is 0.462 e. The van der Waals surface area contributed by atoms with Crippen LogP contribution in [-0.2, 0) is 9.53 Å². The molecule has 0 spiro atoms. The van der Waals surface area contributed by atoms with Crippen molar-refractivity contribution in [1.82, 2.24) is 0 Å². The van der Waals surface area contributed by atoms with Gasteiger partial charge in [-0.15, -0.1) is 0 Å². The lowest BCUT2D eigenvalue weighted by atomic mass is 9.68. The van der Waals surface area contributed by atoms with Crippen molar-refractivity contribution in [2.75, 3.05) is 0 Å². The zero-order chi connectivity index (χ0) is 14.8. The maximum atomic E-state index is 12.2. The van der Waals surface area contributed by atoms with E-state index >= 15 is 0 Å². The molecule has 1 fully saturated rings. The molecule has 0 heterocycles. The van der Waals surface area contributed by atoms with Crippen LogP contribution in [0.25, 0.3) is 0 Å². The third-order valence-electron chi connectivity index (χ3n) is 4.83. The molecule has 2 heteroatoms. The number of rotatable bonds is 3. The van der Waals surface area contributed by atoms with Crippen LogP contribution in [0.5, 0.6) is 0 Å². The zero-order valence-electron chi connectivity index (χ0n) is 13.9. The van der Waals surface area contributed by atoms with Crippen molar-refractivity contribution in [2.24, 2.45) is 22.7 Å². The summed E-state index contributed by atoms with van der Waals surface area (Å²) in [5.74, 6) is 1.28. The summed E-state index contributed by atoms with van der Waals surface area (Å²) in [7, 11) is 0. The molecular formula is C17H32O2. The Bertz CT molecular complexity index is 312. The Morgan fingerprint density at radius 1 is 1.11 bits per heavy atom. The Morgan fingerprint density at radius 3 is 2.16 bits per heavy atom. The van der Waals surface area contributed by atoms with E-state index in [2.05, 4.69) is 27.7 Å². The van der Waals surface area contributed by atoms with Gasteiger partial charge in [0, 0.05) is 0 Å². The highest BCUT2D eigenvalue weighted by atomic mass is 16.5. The first-order chi connectivity index (χ1) is 8.56. The van der Waals surface area contributed by atoms with Crippen molar-refractivity contribution in [3.63, 3.8) is 0 Å². The molecule has 1 aliphatic rings. The van der Waals surface area contributed by atoms with Crippen molar-refractivity contribution < 1.29 is 9.53 Å². The molecular weight excluding hydrogens is 236 g/mol. The summed E-state index contributed by atoms with van der Waals surface area (Å²) in [6, 6.07) is 0. The highest BCUT2D eigenvalue weighted by molar-refractivity contribution is 5.76. The van der Waals surface area contributed by atoms with Crippen molar-refractivity contribution in [3.05, 3.63) is 0 Å². The third-order valence-corrected chi connectivity index (χ3v) is 4.83. The lowest BCUT2D eigenvalue weighted by Gasteiger charge is -2.40. The molecule has 0 bridgehead atoms. The highest BCUT2D eigenvalue weighted by Crippen LogP contribution is 2.41. The molecule has 2 nitrogen and oxygen atoms in total. The predicted octanol–water partition coefficient (Wildman–Crippen LogP) is 4.82. The third kappa shape index (κ3) is 4.50. The molecule has 3 unspecified atom stereocenters. The smallest absolute Gasteiger partial charge is 0.311 e. The second-order valence-electron chi connectivity index (χ2n) is 8.14. The Hall–Kier alpha value is -0.530. The topological polar surface area (TPSA) is 26.3 Å². The molecule has 1 aliphatic carbocycles. The number of carbonyl (C=O) groups is 1. The van der Waals surface area contributed by atoms with E-state index in [1.807, 2.05) is 20.8 Å². The second kappa shape index (κ2) is 5.85. The summed E-state index contributed by atoms with van der Waals surface area (Å²) in [6.07, 6.45) is 4.26. The summed E-state index contributed by atoms with van der Waals surface area (Å²) in [6.45, 7) is 15.2. The monoisotopic (exact) mass is 268 g/mol. The van der Waals surface area contributed by atoms with Crippen LogP contribution in [0.4, 0.5) is 0 Å². The number of esters is 1. The fraction of sp³-hybridized carbons (Fsp3) is 0.941. The fourth-order valence-corrected chi connectivity index (χ4v) is 2.80. The summed E-state index contributed by atoms with van der Waals surface area (Å²) in [5.41, 5.74) is -0.0441. The van der Waals surface area contributed by atoms with Gasteiger partial charge >= 0.3 is 5.97 Å². The first-order valence-electron chi connectivity index (χ1n) is 7.77. The average molecular weight is 268 g/mol. The quantitative estimate of drug-likeness (QED) is 0.686. The van der Waals surface area contributed by atoms with Gasteiger partial charge in [-0.1, -0.05) is 34.6 Å². The summed E-state index contributed by atoms with van der Waals surface area (Å²) < 4.78 is 5.80. The molecule has 0 aliphatic heterocycles. The first kappa shape index (κ1) is 16.5. The van der Waals surface area contributed by atoms with Crippen molar-refractivity contribution in [2.45, 2.75) is 80.3 Å². The molecule has 1 rings (SSSR count). The Morgan fingerprint density at radius 2 is 1.68 bits per heavy atom. The molecule has 0 amide bonds. The van der Waals surface area contributed by atoms with E-state index in [0.29, 0.717) is 17.3 Å². The van der Waals surface area contributed by atoms with Crippen molar-refractivity contribution in [1.29, 1.82) is 0 Å². The van der Waals surface area contributed by atoms with Crippen molar-refractivity contribution in [3.8, 4) is 0 Å². The van der Waals surface area contributed by atoms with Gasteiger partial charge < -0.3 is 4.74 Å². The lowest BCUT2D eigenvalue weighted by molar-refractivity contribution is -0.163. The minimum Gasteiger partial charge on any atom is -0.462 e. The van der Waals surface area contributed by atoms with E-state index in [1.165, 1.54) is 6.42 Å². The van der Waals surface area contributed by atoms with E-state index in [9.17, 15) is 4.79 Å². The number of carbonyl (C=O) groups excluding carboxylic acids is 1. The molecule has 0 N–H and O–H groups in total. The Balaban J connectivity index is 2.66. The van der Waals surface area contributed by atoms with E-state index in [0.717, 1.165) is 19.3 Å². The van der Waals surface area contributed by atoms with E-state index < -0.39 is 0 Å². The normalized spacial score (nSPS) is 29.1. The minimum atomic E-state index is -0.349. The van der Waals surface area contributed by atoms with Crippen LogP contribution in [0, 0.1) is 22.7 Å². The van der Waals surface area contributed by atoms with E-state index in [-0.39, 0.29) is 17.5 Å². The van der Waals surface area contributed by atoms with Gasteiger partial charge in [-0.2, -0.15) is 0 Å². The molecule has 0 radical (unpaired) electrons. The maximum Gasteiger partial charge on any atom is 0.311 e. The lowest BCUT2D eigenvalue weighted by Crippen LogP contribution is -2.37. The van der Waals surface area contributed by atoms with Crippen LogP contribution in [0.3, 0.4) is 0 Å². The van der Waals surface area contributed by atoms with Gasteiger partial charge in [-0.25, -0.2) is 0 Å². The van der Waals surface area contributed by atoms with Gasteiger partial charge in [-0.3, -0.25) is 4.79 Å². The first-order valence-corrected chi connectivity index (χ1v) is 7.77. The van der Waals surface area contributed by atoms with Crippen molar-refractivity contribution >= 4 is 5.97 Å². The zero-order valence-corrected chi connectivity index (χ0v) is 13.9. The Kier molecular flexibility index (Phi) is 5.08. The van der Waals surface area contributed by atoms with Crippen LogP contribution in [-0.4, -0.2) is 12.1 Å². The van der Waals surface area contributed by atoms with Crippen LogP contribution in [0.1, 0.15) is 74.1 Å². The molecule has 0 aromatic carbocycles. The highest BCUT2D eigenvalue weighted by Gasteiger charge is 2.37. The molecule has 3 atom stereocenters. The predicted molar refractivity (Wildman–Crippen MR) is 79.9 cm³/mol. The van der Waals surface area contributed by atoms with E-state index in [1.54, 1.807) is 0 Å². The molecule has 0 saturated heterocycles. The molecule has 0 aromatic heterocycles. The SMILES string of the molecule is CCC(C)(C)C(=O)OC1CC(C)CC(C(C)(C)C)C1. The standard InChI is InChI=1S/C17H32O2/c1-8-17(6,7)15(18)19-14-10-12(2)9-13(11-14)16(3,4)5/h12-14H,8-11H2,1-7H3. The summed E-state index contributed by atoms with van der Waals surface area (Å²) >= 11 is 0. The number of hydrogen-bond donors (Lipinski definition) is 0. The Labute approximate surface area is 119 Å². The van der Waals surface area contributed by atoms with Gasteiger partial charge in [0.25, 0.3) is 0 Å². The molecule has 1 saturated carbocycles. The average Bonchev–Trinajstić information content (AvgIpc) is 2.27. The van der Waals surface area contributed by atoms with Gasteiger partial charge in [0.1, 0.15) is 6.10 Å². The molecule has 112 valence electrons. The number of hydrogen-bond acceptors (Lipinski definition) is 2. The van der Waals surface area contributed by atoms with Crippen LogP contribution >= 0.6 is 0 Å². The van der Waals surface area contributed by atoms with Crippen LogP contribution in [0.2, 0.25) is 0 Å². The fourth-order valence-electron chi connectivity index (χ4n) is 2.80.